The third kappa shape index (κ3) is 6.49. The Hall–Kier alpha value is -4.64. The van der Waals surface area contributed by atoms with Crippen LogP contribution in [0.25, 0.3) is 5.69 Å². The molecular weight excluding hydrogens is 510 g/mol. The fourth-order valence-electron chi connectivity index (χ4n) is 4.16. The molecule has 1 saturated heterocycles. The zero-order valence-corrected chi connectivity index (χ0v) is 22.8. The molecule has 5 rings (SSSR count). The lowest BCUT2D eigenvalue weighted by atomic mass is 9.92. The number of aromatic nitrogens is 4. The fraction of sp³-hybridized carbons (Fsp3) is 0.310. The first-order valence-corrected chi connectivity index (χ1v) is 13.1. The number of anilines is 2. The van der Waals surface area contributed by atoms with Crippen molar-refractivity contribution in [3.05, 3.63) is 78.1 Å². The quantitative estimate of drug-likeness (QED) is 0.308. The van der Waals surface area contributed by atoms with Gasteiger partial charge in [0.15, 0.2) is 0 Å². The molecule has 208 valence electrons. The lowest BCUT2D eigenvalue weighted by Crippen LogP contribution is -2.37. The van der Waals surface area contributed by atoms with E-state index in [2.05, 4.69) is 30.6 Å². The smallest absolute Gasteiger partial charge is 0.320 e. The van der Waals surface area contributed by atoms with Crippen molar-refractivity contribution in [1.29, 1.82) is 0 Å². The molecule has 11 heteroatoms. The van der Waals surface area contributed by atoms with Crippen LogP contribution in [0.5, 0.6) is 17.4 Å². The number of hydrogen-bond acceptors (Lipinski definition) is 8. The number of nitrogens with zero attached hydrogens (tertiary/aromatic N) is 5. The van der Waals surface area contributed by atoms with E-state index in [0.29, 0.717) is 42.3 Å². The minimum absolute atomic E-state index is 0.109. The van der Waals surface area contributed by atoms with E-state index in [-0.39, 0.29) is 17.7 Å². The number of ether oxygens (including phenoxy) is 2. The van der Waals surface area contributed by atoms with Gasteiger partial charge in [0.1, 0.15) is 17.3 Å². The Balaban J connectivity index is 1.28. The predicted molar refractivity (Wildman–Crippen MR) is 151 cm³/mol. The SMILES string of the molecule is CC(C)(C)c1cc(NC(=O)NCc2ccccc2Oc2ccnc(N3CCOCC3)n2)n(-c2cccc(O)c2)n1. The fourth-order valence-corrected chi connectivity index (χ4v) is 4.16. The molecule has 2 aromatic heterocycles. The normalized spacial score (nSPS) is 13.6. The number of phenols is 1. The van der Waals surface area contributed by atoms with Gasteiger partial charge in [-0.25, -0.2) is 14.5 Å². The molecule has 0 saturated carbocycles. The summed E-state index contributed by atoms with van der Waals surface area (Å²) in [6.45, 7) is 9.07. The van der Waals surface area contributed by atoms with Crippen LogP contribution in [-0.4, -0.2) is 57.2 Å². The Morgan fingerprint density at radius 2 is 1.88 bits per heavy atom. The summed E-state index contributed by atoms with van der Waals surface area (Å²) < 4.78 is 13.1. The number of morpholine rings is 1. The monoisotopic (exact) mass is 543 g/mol. The summed E-state index contributed by atoms with van der Waals surface area (Å²) in [5, 5.41) is 20.5. The lowest BCUT2D eigenvalue weighted by molar-refractivity contribution is 0.122. The molecule has 0 unspecified atom stereocenters. The van der Waals surface area contributed by atoms with E-state index in [9.17, 15) is 9.90 Å². The van der Waals surface area contributed by atoms with Crippen LogP contribution >= 0.6 is 0 Å². The molecule has 0 atom stereocenters. The van der Waals surface area contributed by atoms with E-state index >= 15 is 0 Å². The highest BCUT2D eigenvalue weighted by Crippen LogP contribution is 2.28. The van der Waals surface area contributed by atoms with Crippen LogP contribution < -0.4 is 20.3 Å². The zero-order valence-electron chi connectivity index (χ0n) is 22.8. The van der Waals surface area contributed by atoms with Crippen molar-refractivity contribution >= 4 is 17.8 Å². The minimum atomic E-state index is -0.409. The standard InChI is InChI=1S/C29H33N7O4/c1-29(2,3)24-18-25(36(34-24)21-8-6-9-22(37)17-21)32-28(38)31-19-20-7-4-5-10-23(20)40-26-11-12-30-27(33-26)35-13-15-39-16-14-35/h4-12,17-18,37H,13-16,19H2,1-3H3,(H2,31,32,38). The number of hydrogen-bond donors (Lipinski definition) is 3. The molecular formula is C29H33N7O4. The van der Waals surface area contributed by atoms with Crippen LogP contribution in [0.4, 0.5) is 16.6 Å². The van der Waals surface area contributed by atoms with Crippen LogP contribution in [-0.2, 0) is 16.7 Å². The van der Waals surface area contributed by atoms with Crippen molar-refractivity contribution in [1.82, 2.24) is 25.1 Å². The van der Waals surface area contributed by atoms with Gasteiger partial charge in [0.2, 0.25) is 11.8 Å². The molecule has 2 amide bonds. The highest BCUT2D eigenvalue weighted by molar-refractivity contribution is 5.88. The van der Waals surface area contributed by atoms with Crippen LogP contribution in [0.15, 0.2) is 66.9 Å². The number of rotatable bonds is 7. The molecule has 3 N–H and O–H groups in total. The number of para-hydroxylation sites is 1. The highest BCUT2D eigenvalue weighted by atomic mass is 16.5. The number of urea groups is 1. The lowest BCUT2D eigenvalue weighted by Gasteiger charge is -2.26. The third-order valence-electron chi connectivity index (χ3n) is 6.33. The van der Waals surface area contributed by atoms with Gasteiger partial charge in [-0.05, 0) is 18.2 Å². The van der Waals surface area contributed by atoms with Crippen molar-refractivity contribution in [2.45, 2.75) is 32.7 Å². The molecule has 40 heavy (non-hydrogen) atoms. The van der Waals surface area contributed by atoms with E-state index in [1.165, 1.54) is 0 Å². The van der Waals surface area contributed by atoms with Gasteiger partial charge < -0.3 is 24.8 Å². The molecule has 4 aromatic rings. The minimum Gasteiger partial charge on any atom is -0.508 e. The topological polar surface area (TPSA) is 127 Å². The molecule has 0 bridgehead atoms. The van der Waals surface area contributed by atoms with Gasteiger partial charge in [0.05, 0.1) is 24.6 Å². The summed E-state index contributed by atoms with van der Waals surface area (Å²) in [5.41, 5.74) is 1.96. The van der Waals surface area contributed by atoms with Crippen LogP contribution in [0.1, 0.15) is 32.0 Å². The van der Waals surface area contributed by atoms with Gasteiger partial charge in [-0.1, -0.05) is 45.0 Å². The predicted octanol–water partition coefficient (Wildman–Crippen LogP) is 4.62. The zero-order chi connectivity index (χ0) is 28.1. The van der Waals surface area contributed by atoms with Crippen molar-refractivity contribution in [2.75, 3.05) is 36.5 Å². The van der Waals surface area contributed by atoms with E-state index < -0.39 is 6.03 Å². The third-order valence-corrected chi connectivity index (χ3v) is 6.33. The summed E-state index contributed by atoms with van der Waals surface area (Å²) in [5.74, 6) is 2.17. The molecule has 1 aliphatic rings. The molecule has 2 aromatic carbocycles. The number of aromatic hydroxyl groups is 1. The maximum Gasteiger partial charge on any atom is 0.320 e. The summed E-state index contributed by atoms with van der Waals surface area (Å²) in [6.07, 6.45) is 1.67. The van der Waals surface area contributed by atoms with Gasteiger partial charge in [0, 0.05) is 55.0 Å². The summed E-state index contributed by atoms with van der Waals surface area (Å²) in [6, 6.07) is 17.3. The molecule has 1 fully saturated rings. The van der Waals surface area contributed by atoms with Crippen LogP contribution in [0.2, 0.25) is 0 Å². The number of benzene rings is 2. The number of carbonyl (C=O) groups is 1. The first-order valence-electron chi connectivity index (χ1n) is 13.1. The van der Waals surface area contributed by atoms with Crippen molar-refractivity contribution in [3.63, 3.8) is 0 Å². The second kappa shape index (κ2) is 11.6. The van der Waals surface area contributed by atoms with Gasteiger partial charge in [-0.2, -0.15) is 10.1 Å². The molecule has 0 aliphatic carbocycles. The number of carbonyl (C=O) groups excluding carboxylic acids is 1. The van der Waals surface area contributed by atoms with Gasteiger partial charge in [0.25, 0.3) is 0 Å². The average Bonchev–Trinajstić information content (AvgIpc) is 3.38. The number of nitrogens with one attached hydrogen (secondary N) is 2. The Morgan fingerprint density at radius 1 is 1.07 bits per heavy atom. The molecule has 0 spiro atoms. The molecule has 11 nitrogen and oxygen atoms in total. The molecule has 1 aliphatic heterocycles. The maximum atomic E-state index is 13.0. The van der Waals surface area contributed by atoms with Crippen molar-refractivity contribution in [2.24, 2.45) is 0 Å². The Kier molecular flexibility index (Phi) is 7.83. The van der Waals surface area contributed by atoms with Crippen molar-refractivity contribution < 1.29 is 19.4 Å². The second-order valence-electron chi connectivity index (χ2n) is 10.4. The Bertz CT molecular complexity index is 1480. The summed E-state index contributed by atoms with van der Waals surface area (Å²) in [7, 11) is 0. The highest BCUT2D eigenvalue weighted by Gasteiger charge is 2.22. The number of phenolic OH excluding ortho intramolecular Hbond substituents is 1. The molecule has 3 heterocycles. The largest absolute Gasteiger partial charge is 0.508 e. The summed E-state index contributed by atoms with van der Waals surface area (Å²) in [4.78, 5) is 24.0. The van der Waals surface area contributed by atoms with Gasteiger partial charge in [-0.3, -0.25) is 5.32 Å². The van der Waals surface area contributed by atoms with Crippen LogP contribution in [0, 0.1) is 0 Å². The first-order chi connectivity index (χ1) is 19.3. The first kappa shape index (κ1) is 26.9. The maximum absolute atomic E-state index is 13.0. The van der Waals surface area contributed by atoms with Crippen molar-refractivity contribution in [3.8, 4) is 23.1 Å². The average molecular weight is 544 g/mol. The second-order valence-corrected chi connectivity index (χ2v) is 10.4. The van der Waals surface area contributed by atoms with E-state index in [0.717, 1.165) is 24.3 Å². The van der Waals surface area contributed by atoms with Crippen LogP contribution in [0.3, 0.4) is 0 Å². The van der Waals surface area contributed by atoms with E-state index in [1.807, 2.05) is 57.2 Å². The van der Waals surface area contributed by atoms with E-state index in [4.69, 9.17) is 9.47 Å². The van der Waals surface area contributed by atoms with Gasteiger partial charge in [-0.15, -0.1) is 0 Å². The Labute approximate surface area is 232 Å². The van der Waals surface area contributed by atoms with Gasteiger partial charge >= 0.3 is 6.03 Å². The Morgan fingerprint density at radius 3 is 2.65 bits per heavy atom. The molecule has 0 radical (unpaired) electrons. The summed E-state index contributed by atoms with van der Waals surface area (Å²) >= 11 is 0. The number of amides is 2. The van der Waals surface area contributed by atoms with E-state index in [1.54, 1.807) is 35.1 Å².